The number of anilines is 1. The van der Waals surface area contributed by atoms with Crippen LogP contribution in [0.15, 0.2) is 66.7 Å². The van der Waals surface area contributed by atoms with Crippen LogP contribution in [0.2, 0.25) is 0 Å². The van der Waals surface area contributed by atoms with Gasteiger partial charge in [-0.15, -0.1) is 0 Å². The third kappa shape index (κ3) is 4.34. The zero-order valence-corrected chi connectivity index (χ0v) is 17.2. The normalized spacial score (nSPS) is 12.8. The van der Waals surface area contributed by atoms with Gasteiger partial charge in [0.2, 0.25) is 12.7 Å². The third-order valence-corrected chi connectivity index (χ3v) is 5.33. The number of nitrogens with zero attached hydrogens (tertiary/aromatic N) is 2. The molecule has 6 nitrogen and oxygen atoms in total. The molecule has 5 rings (SSSR count). The van der Waals surface area contributed by atoms with Gasteiger partial charge in [-0.25, -0.2) is 0 Å². The Kier molecular flexibility index (Phi) is 5.16. The van der Waals surface area contributed by atoms with E-state index >= 15 is 0 Å². The molecule has 1 N–H and O–H groups in total. The van der Waals surface area contributed by atoms with Gasteiger partial charge >= 0.3 is 6.18 Å². The first-order valence-electron chi connectivity index (χ1n) is 10.2. The number of alkyl halides is 3. The molecule has 3 aromatic carbocycles. The summed E-state index contributed by atoms with van der Waals surface area (Å²) in [5.74, 6) is 1.39. The Morgan fingerprint density at radius 1 is 0.970 bits per heavy atom. The highest BCUT2D eigenvalue weighted by atomic mass is 19.4. The molecule has 9 heteroatoms. The molecule has 0 atom stereocenters. The second kappa shape index (κ2) is 8.16. The average molecular weight is 453 g/mol. The van der Waals surface area contributed by atoms with Gasteiger partial charge in [0.25, 0.3) is 0 Å². The van der Waals surface area contributed by atoms with Crippen molar-refractivity contribution in [3.63, 3.8) is 0 Å². The van der Waals surface area contributed by atoms with Crippen molar-refractivity contribution in [1.29, 1.82) is 0 Å². The second-order valence-corrected chi connectivity index (χ2v) is 7.63. The number of nitrogens with one attached hydrogen (secondary N) is 1. The molecule has 1 aliphatic rings. The third-order valence-electron chi connectivity index (χ3n) is 5.33. The lowest BCUT2D eigenvalue weighted by Gasteiger charge is -2.08. The lowest BCUT2D eigenvalue weighted by Crippen LogP contribution is -2.15. The summed E-state index contributed by atoms with van der Waals surface area (Å²) in [6.45, 7) is 0.421. The molecule has 0 saturated carbocycles. The number of rotatable bonds is 5. The van der Waals surface area contributed by atoms with Crippen molar-refractivity contribution in [3.05, 3.63) is 83.4 Å². The topological polar surface area (TPSA) is 65.4 Å². The maximum Gasteiger partial charge on any atom is 0.416 e. The molecular formula is C24H18F3N3O3. The molecule has 1 aliphatic heterocycles. The number of aromatic nitrogens is 2. The van der Waals surface area contributed by atoms with Gasteiger partial charge in [0.05, 0.1) is 24.0 Å². The highest BCUT2D eigenvalue weighted by molar-refractivity contribution is 6.00. The van der Waals surface area contributed by atoms with E-state index in [1.165, 1.54) is 12.1 Å². The van der Waals surface area contributed by atoms with Gasteiger partial charge in [-0.1, -0.05) is 30.3 Å². The number of hydrogen-bond donors (Lipinski definition) is 1. The van der Waals surface area contributed by atoms with Crippen LogP contribution in [-0.2, 0) is 23.9 Å². The quantitative estimate of drug-likeness (QED) is 0.461. The molecule has 2 heterocycles. The van der Waals surface area contributed by atoms with E-state index in [0.717, 1.165) is 28.6 Å². The number of para-hydroxylation sites is 1. The SMILES string of the molecule is O=C(Cc1ccc2c(c1)OCO2)Nc1nn(Cc2ccc(C(F)(F)F)cc2)c2ccccc12. The Morgan fingerprint density at radius 3 is 2.48 bits per heavy atom. The predicted octanol–water partition coefficient (Wildman–Crippen LogP) is 5.01. The van der Waals surface area contributed by atoms with Gasteiger partial charge in [0.15, 0.2) is 17.3 Å². The van der Waals surface area contributed by atoms with Crippen LogP contribution in [-0.4, -0.2) is 22.5 Å². The Hall–Kier alpha value is -4.01. The van der Waals surface area contributed by atoms with Crippen LogP contribution < -0.4 is 14.8 Å². The van der Waals surface area contributed by atoms with Gasteiger partial charge in [-0.2, -0.15) is 18.3 Å². The van der Waals surface area contributed by atoms with Gasteiger partial charge in [-0.05, 0) is 47.5 Å². The van der Waals surface area contributed by atoms with E-state index in [2.05, 4.69) is 10.4 Å². The van der Waals surface area contributed by atoms with Crippen LogP contribution in [0.4, 0.5) is 19.0 Å². The minimum Gasteiger partial charge on any atom is -0.454 e. The predicted molar refractivity (Wildman–Crippen MR) is 115 cm³/mol. The minimum absolute atomic E-state index is 0.122. The van der Waals surface area contributed by atoms with E-state index in [-0.39, 0.29) is 25.7 Å². The summed E-state index contributed by atoms with van der Waals surface area (Å²) < 4.78 is 50.8. The van der Waals surface area contributed by atoms with Crippen molar-refractivity contribution in [2.45, 2.75) is 19.1 Å². The molecule has 4 aromatic rings. The number of carbonyl (C=O) groups excluding carboxylic acids is 1. The summed E-state index contributed by atoms with van der Waals surface area (Å²) in [6.07, 6.45) is -4.26. The van der Waals surface area contributed by atoms with E-state index in [0.29, 0.717) is 22.9 Å². The first-order chi connectivity index (χ1) is 15.9. The van der Waals surface area contributed by atoms with E-state index in [1.807, 2.05) is 24.3 Å². The summed E-state index contributed by atoms with van der Waals surface area (Å²) in [4.78, 5) is 12.7. The molecule has 1 amide bonds. The number of carbonyl (C=O) groups is 1. The van der Waals surface area contributed by atoms with Crippen LogP contribution in [0.1, 0.15) is 16.7 Å². The second-order valence-electron chi connectivity index (χ2n) is 7.63. The van der Waals surface area contributed by atoms with Crippen LogP contribution in [0.5, 0.6) is 11.5 Å². The van der Waals surface area contributed by atoms with Crippen molar-refractivity contribution >= 4 is 22.6 Å². The summed E-state index contributed by atoms with van der Waals surface area (Å²) >= 11 is 0. The van der Waals surface area contributed by atoms with Crippen LogP contribution in [0.3, 0.4) is 0 Å². The van der Waals surface area contributed by atoms with Crippen molar-refractivity contribution in [2.24, 2.45) is 0 Å². The monoisotopic (exact) mass is 453 g/mol. The Labute approximate surface area is 186 Å². The van der Waals surface area contributed by atoms with Gasteiger partial charge in [0.1, 0.15) is 0 Å². The molecular weight excluding hydrogens is 435 g/mol. The molecule has 168 valence electrons. The molecule has 0 saturated heterocycles. The average Bonchev–Trinajstić information content (AvgIpc) is 3.38. The molecule has 33 heavy (non-hydrogen) atoms. The number of fused-ring (bicyclic) bond motifs is 2. The maximum atomic E-state index is 12.8. The molecule has 0 aliphatic carbocycles. The fourth-order valence-corrected chi connectivity index (χ4v) is 3.72. The Balaban J connectivity index is 1.35. The summed E-state index contributed by atoms with van der Waals surface area (Å²) in [5.41, 5.74) is 1.49. The number of halogens is 3. The minimum atomic E-state index is -4.38. The van der Waals surface area contributed by atoms with Gasteiger partial charge in [-0.3, -0.25) is 9.48 Å². The lowest BCUT2D eigenvalue weighted by atomic mass is 10.1. The standard InChI is InChI=1S/C24H18F3N3O3/c25-24(26,27)17-8-5-15(6-9-17)13-30-19-4-2-1-3-18(19)23(29-30)28-22(31)12-16-7-10-20-21(11-16)33-14-32-20/h1-11H,12-14H2,(H,28,29,31). The molecule has 1 aromatic heterocycles. The fourth-order valence-electron chi connectivity index (χ4n) is 3.72. The number of amides is 1. The Morgan fingerprint density at radius 2 is 1.70 bits per heavy atom. The van der Waals surface area contributed by atoms with Gasteiger partial charge in [0, 0.05) is 5.39 Å². The molecule has 0 fully saturated rings. The van der Waals surface area contributed by atoms with Crippen molar-refractivity contribution in [1.82, 2.24) is 9.78 Å². The zero-order valence-electron chi connectivity index (χ0n) is 17.2. The van der Waals surface area contributed by atoms with Crippen molar-refractivity contribution < 1.29 is 27.4 Å². The maximum absolute atomic E-state index is 12.8. The first kappa shape index (κ1) is 20.9. The van der Waals surface area contributed by atoms with Gasteiger partial charge < -0.3 is 14.8 Å². The van der Waals surface area contributed by atoms with Crippen LogP contribution >= 0.6 is 0 Å². The molecule has 0 spiro atoms. The molecule has 0 radical (unpaired) electrons. The van der Waals surface area contributed by atoms with E-state index in [1.54, 1.807) is 22.9 Å². The van der Waals surface area contributed by atoms with E-state index in [9.17, 15) is 18.0 Å². The number of benzene rings is 3. The number of ether oxygens (including phenoxy) is 2. The smallest absolute Gasteiger partial charge is 0.416 e. The van der Waals surface area contributed by atoms with Crippen LogP contribution in [0, 0.1) is 0 Å². The highest BCUT2D eigenvalue weighted by Gasteiger charge is 2.30. The van der Waals surface area contributed by atoms with Crippen molar-refractivity contribution in [3.8, 4) is 11.5 Å². The summed E-state index contributed by atoms with van der Waals surface area (Å²) in [7, 11) is 0. The Bertz CT molecular complexity index is 1330. The fraction of sp³-hybridized carbons (Fsp3) is 0.167. The van der Waals surface area contributed by atoms with E-state index < -0.39 is 11.7 Å². The largest absolute Gasteiger partial charge is 0.454 e. The molecule has 0 bridgehead atoms. The summed E-state index contributed by atoms with van der Waals surface area (Å²) in [5, 5.41) is 8.10. The van der Waals surface area contributed by atoms with E-state index in [4.69, 9.17) is 9.47 Å². The first-order valence-corrected chi connectivity index (χ1v) is 10.2. The van der Waals surface area contributed by atoms with Crippen molar-refractivity contribution in [2.75, 3.05) is 12.1 Å². The zero-order chi connectivity index (χ0) is 23.0. The summed E-state index contributed by atoms with van der Waals surface area (Å²) in [6, 6.07) is 17.6. The number of hydrogen-bond acceptors (Lipinski definition) is 4. The lowest BCUT2D eigenvalue weighted by molar-refractivity contribution is -0.137. The molecule has 0 unspecified atom stereocenters. The highest BCUT2D eigenvalue weighted by Crippen LogP contribution is 2.33. The van der Waals surface area contributed by atoms with Crippen LogP contribution in [0.25, 0.3) is 10.9 Å².